The van der Waals surface area contributed by atoms with Crippen molar-refractivity contribution in [1.29, 1.82) is 0 Å². The molecule has 0 rings (SSSR count). The highest BCUT2D eigenvalue weighted by atomic mass is 16.4. The van der Waals surface area contributed by atoms with E-state index >= 15 is 0 Å². The number of aliphatic hydroxyl groups excluding tert-OH is 1. The van der Waals surface area contributed by atoms with Crippen LogP contribution in [0.1, 0.15) is 103 Å². The Morgan fingerprint density at radius 3 is 1.91 bits per heavy atom. The van der Waals surface area contributed by atoms with Crippen molar-refractivity contribution in [2.75, 3.05) is 13.2 Å². The number of hydrogen-bond acceptors (Lipinski definition) is 5. The van der Waals surface area contributed by atoms with Crippen LogP contribution in [0.3, 0.4) is 0 Å². The van der Waals surface area contributed by atoms with Gasteiger partial charge in [0.1, 0.15) is 6.04 Å². The Hall–Kier alpha value is -2.36. The smallest absolute Gasteiger partial charge is 0.326 e. The maximum absolute atomic E-state index is 12.0. The summed E-state index contributed by atoms with van der Waals surface area (Å²) in [5.74, 6) is -2.43. The van der Waals surface area contributed by atoms with Crippen molar-refractivity contribution in [3.63, 3.8) is 0 Å². The Morgan fingerprint density at radius 2 is 1.35 bits per heavy atom. The number of hydrogen-bond donors (Lipinski definition) is 6. The summed E-state index contributed by atoms with van der Waals surface area (Å²) in [7, 11) is 0. The van der Waals surface area contributed by atoms with Crippen LogP contribution >= 0.6 is 0 Å². The zero-order valence-corrected chi connectivity index (χ0v) is 20.7. The molecule has 0 fully saturated rings. The van der Waals surface area contributed by atoms with Gasteiger partial charge >= 0.3 is 18.0 Å². The average Bonchev–Trinajstić information content (AvgIpc) is 2.79. The Labute approximate surface area is 203 Å². The van der Waals surface area contributed by atoms with E-state index in [0.29, 0.717) is 32.2 Å². The number of carbonyl (C=O) groups excluding carboxylic acids is 2. The van der Waals surface area contributed by atoms with Crippen LogP contribution in [0, 0.1) is 0 Å². The number of urea groups is 1. The normalized spacial score (nSPS) is 12.5. The fourth-order valence-corrected chi connectivity index (χ4v) is 3.55. The number of aliphatic hydroxyl groups is 1. The van der Waals surface area contributed by atoms with E-state index in [-0.39, 0.29) is 25.4 Å². The lowest BCUT2D eigenvalue weighted by Gasteiger charge is -2.19. The molecule has 0 aromatic heterocycles. The first-order valence-corrected chi connectivity index (χ1v) is 12.7. The second-order valence-corrected chi connectivity index (χ2v) is 8.74. The number of unbranched alkanes of at least 4 members (excludes halogenated alkanes) is 9. The molecule has 10 nitrogen and oxygen atoms in total. The van der Waals surface area contributed by atoms with E-state index in [1.54, 1.807) is 0 Å². The molecule has 0 saturated heterocycles. The molecular formula is C24H45N3O7. The summed E-state index contributed by atoms with van der Waals surface area (Å²) < 4.78 is 0. The number of rotatable bonds is 22. The maximum atomic E-state index is 12.0. The van der Waals surface area contributed by atoms with Crippen LogP contribution in [0.25, 0.3) is 0 Å². The van der Waals surface area contributed by atoms with E-state index in [1.165, 1.54) is 44.9 Å². The van der Waals surface area contributed by atoms with E-state index in [2.05, 4.69) is 22.9 Å². The summed E-state index contributed by atoms with van der Waals surface area (Å²) in [4.78, 5) is 45.6. The third-order valence-corrected chi connectivity index (χ3v) is 5.61. The van der Waals surface area contributed by atoms with Crippen molar-refractivity contribution in [3.8, 4) is 0 Å². The predicted octanol–water partition coefficient (Wildman–Crippen LogP) is 3.17. The van der Waals surface area contributed by atoms with Crippen LogP contribution in [0.2, 0.25) is 0 Å². The van der Waals surface area contributed by atoms with E-state index in [1.807, 2.05) is 0 Å². The zero-order chi connectivity index (χ0) is 25.6. The third-order valence-electron chi connectivity index (χ3n) is 5.61. The summed E-state index contributed by atoms with van der Waals surface area (Å²) in [5, 5.41) is 34.8. The lowest BCUT2D eigenvalue weighted by molar-refractivity contribution is -0.140. The molecule has 10 heteroatoms. The molecule has 0 aliphatic rings. The minimum absolute atomic E-state index is 0.0419. The van der Waals surface area contributed by atoms with Crippen molar-refractivity contribution < 1.29 is 34.5 Å². The molecule has 2 atom stereocenters. The first-order valence-electron chi connectivity index (χ1n) is 12.7. The molecule has 0 spiro atoms. The topological polar surface area (TPSA) is 165 Å². The molecule has 0 aromatic carbocycles. The molecule has 0 aromatic rings. The Kier molecular flexibility index (Phi) is 19.7. The lowest BCUT2D eigenvalue weighted by Crippen LogP contribution is -2.50. The summed E-state index contributed by atoms with van der Waals surface area (Å²) in [6, 6.07) is -2.66. The minimum atomic E-state index is -1.32. The fraction of sp³-hybridized carbons (Fsp3) is 0.833. The maximum Gasteiger partial charge on any atom is 0.326 e. The Balaban J connectivity index is 3.86. The summed E-state index contributed by atoms with van der Waals surface area (Å²) in [5.41, 5.74) is 0. The molecule has 0 aliphatic heterocycles. The van der Waals surface area contributed by atoms with Gasteiger partial charge in [0, 0.05) is 19.4 Å². The molecule has 0 bridgehead atoms. The summed E-state index contributed by atoms with van der Waals surface area (Å²) in [6.45, 7) is 2.42. The van der Waals surface area contributed by atoms with Crippen LogP contribution in [-0.4, -0.2) is 64.4 Å². The van der Waals surface area contributed by atoms with Crippen LogP contribution in [0.4, 0.5) is 4.79 Å². The van der Waals surface area contributed by atoms with Gasteiger partial charge in [-0.15, -0.1) is 0 Å². The van der Waals surface area contributed by atoms with Gasteiger partial charge in [0.2, 0.25) is 5.91 Å². The van der Waals surface area contributed by atoms with Crippen molar-refractivity contribution in [2.24, 2.45) is 0 Å². The van der Waals surface area contributed by atoms with E-state index in [9.17, 15) is 24.3 Å². The first kappa shape index (κ1) is 31.6. The van der Waals surface area contributed by atoms with Crippen molar-refractivity contribution in [3.05, 3.63) is 0 Å². The second-order valence-electron chi connectivity index (χ2n) is 8.74. The monoisotopic (exact) mass is 487 g/mol. The fourth-order valence-electron chi connectivity index (χ4n) is 3.55. The highest BCUT2D eigenvalue weighted by Gasteiger charge is 2.22. The molecule has 198 valence electrons. The van der Waals surface area contributed by atoms with E-state index in [4.69, 9.17) is 10.2 Å². The van der Waals surface area contributed by atoms with Gasteiger partial charge in [0.05, 0.1) is 12.6 Å². The Bertz CT molecular complexity index is 587. The molecule has 0 aliphatic carbocycles. The van der Waals surface area contributed by atoms with Gasteiger partial charge in [-0.3, -0.25) is 9.59 Å². The number of aliphatic carboxylic acids is 2. The van der Waals surface area contributed by atoms with E-state index < -0.39 is 30.1 Å². The van der Waals surface area contributed by atoms with Crippen LogP contribution < -0.4 is 16.0 Å². The minimum Gasteiger partial charge on any atom is -0.481 e. The van der Waals surface area contributed by atoms with Gasteiger partial charge in [-0.25, -0.2) is 9.59 Å². The summed E-state index contributed by atoms with van der Waals surface area (Å²) >= 11 is 0. The van der Waals surface area contributed by atoms with Crippen molar-refractivity contribution >= 4 is 23.9 Å². The molecule has 6 N–H and O–H groups in total. The molecule has 0 saturated carbocycles. The number of carbonyl (C=O) groups is 4. The average molecular weight is 488 g/mol. The van der Waals surface area contributed by atoms with Crippen molar-refractivity contribution in [2.45, 2.75) is 115 Å². The highest BCUT2D eigenvalue weighted by molar-refractivity contribution is 5.83. The molecule has 0 heterocycles. The Morgan fingerprint density at radius 1 is 0.735 bits per heavy atom. The highest BCUT2D eigenvalue weighted by Crippen LogP contribution is 2.10. The number of carboxylic acid groups (broad SMARTS) is 2. The van der Waals surface area contributed by atoms with Crippen LogP contribution in [0.15, 0.2) is 0 Å². The van der Waals surface area contributed by atoms with Gasteiger partial charge in [0.25, 0.3) is 0 Å². The number of amides is 3. The van der Waals surface area contributed by atoms with Gasteiger partial charge in [-0.1, -0.05) is 58.3 Å². The predicted molar refractivity (Wildman–Crippen MR) is 130 cm³/mol. The lowest BCUT2D eigenvalue weighted by atomic mass is 10.1. The standard InChI is InChI=1S/C24H45N3O7/c1-2-3-4-5-6-7-8-9-10-14-21(29)25-17-12-11-13-19(18-28)26-24(34)27-20(23(32)33)15-16-22(30)31/h19-20,28H,2-18H2,1H3,(H,25,29)(H,30,31)(H,32,33)(H2,26,27,34)/t19-,20-/m0/s1. The molecule has 0 radical (unpaired) electrons. The first-order chi connectivity index (χ1) is 16.3. The SMILES string of the molecule is CCCCCCCCCCCC(=O)NCCCC[C@@H](CO)NC(=O)N[C@@H](CCC(=O)O)C(=O)O. The van der Waals surface area contributed by atoms with Gasteiger partial charge in [-0.05, 0) is 32.1 Å². The third kappa shape index (κ3) is 19.1. The molecule has 0 unspecified atom stereocenters. The largest absolute Gasteiger partial charge is 0.481 e. The summed E-state index contributed by atoms with van der Waals surface area (Å²) in [6.07, 6.45) is 12.6. The van der Waals surface area contributed by atoms with Crippen LogP contribution in [-0.2, 0) is 14.4 Å². The van der Waals surface area contributed by atoms with Crippen molar-refractivity contribution in [1.82, 2.24) is 16.0 Å². The number of nitrogens with one attached hydrogen (secondary N) is 3. The van der Waals surface area contributed by atoms with E-state index in [0.717, 1.165) is 12.8 Å². The van der Waals surface area contributed by atoms with Gasteiger partial charge in [0.15, 0.2) is 0 Å². The molecule has 34 heavy (non-hydrogen) atoms. The molecular weight excluding hydrogens is 442 g/mol. The van der Waals surface area contributed by atoms with Gasteiger partial charge in [-0.2, -0.15) is 0 Å². The van der Waals surface area contributed by atoms with Crippen LogP contribution in [0.5, 0.6) is 0 Å². The quantitative estimate of drug-likeness (QED) is 0.128. The zero-order valence-electron chi connectivity index (χ0n) is 20.7. The van der Waals surface area contributed by atoms with Gasteiger partial charge < -0.3 is 31.3 Å². The molecule has 3 amide bonds. The number of carboxylic acids is 2. The second kappa shape index (κ2) is 21.2.